The van der Waals surface area contributed by atoms with Crippen molar-refractivity contribution in [2.45, 2.75) is 6.92 Å². The van der Waals surface area contributed by atoms with Crippen molar-refractivity contribution in [1.82, 2.24) is 10.9 Å². The summed E-state index contributed by atoms with van der Waals surface area (Å²) in [5.74, 6) is -0.391. The molecule has 0 spiro atoms. The van der Waals surface area contributed by atoms with Gasteiger partial charge in [0.1, 0.15) is 5.75 Å². The second-order valence-electron chi connectivity index (χ2n) is 5.02. The first-order chi connectivity index (χ1) is 11.5. The van der Waals surface area contributed by atoms with Crippen molar-refractivity contribution in [2.75, 3.05) is 6.61 Å². The molecule has 124 valence electrons. The number of halogens is 1. The second kappa shape index (κ2) is 8.74. The van der Waals surface area contributed by atoms with E-state index in [4.69, 9.17) is 16.3 Å². The monoisotopic (exact) mass is 344 g/mol. The first-order valence-corrected chi connectivity index (χ1v) is 7.62. The normalized spacial score (nSPS) is 10.4. The van der Waals surface area contributed by atoms with Crippen LogP contribution in [0.25, 0.3) is 6.08 Å². The van der Waals surface area contributed by atoms with Gasteiger partial charge in [-0.3, -0.25) is 20.4 Å². The van der Waals surface area contributed by atoms with Gasteiger partial charge in [-0.1, -0.05) is 41.4 Å². The number of ether oxygens (including phenoxy) is 1. The van der Waals surface area contributed by atoms with Crippen LogP contribution in [0.5, 0.6) is 5.75 Å². The van der Waals surface area contributed by atoms with Gasteiger partial charge in [0.2, 0.25) is 0 Å². The van der Waals surface area contributed by atoms with E-state index in [9.17, 15) is 9.59 Å². The Bertz CT molecular complexity index is 725. The van der Waals surface area contributed by atoms with Crippen molar-refractivity contribution in [2.24, 2.45) is 0 Å². The number of amides is 2. The topological polar surface area (TPSA) is 67.4 Å². The minimum Gasteiger partial charge on any atom is -0.484 e. The van der Waals surface area contributed by atoms with Crippen molar-refractivity contribution < 1.29 is 14.3 Å². The van der Waals surface area contributed by atoms with E-state index in [1.165, 1.54) is 6.08 Å². The molecule has 2 aromatic carbocycles. The van der Waals surface area contributed by atoms with Gasteiger partial charge in [0.15, 0.2) is 6.61 Å². The fourth-order valence-corrected chi connectivity index (χ4v) is 1.86. The quantitative estimate of drug-likeness (QED) is 0.647. The zero-order valence-corrected chi connectivity index (χ0v) is 13.8. The smallest absolute Gasteiger partial charge is 0.276 e. The molecule has 0 atom stereocenters. The van der Waals surface area contributed by atoms with Crippen LogP contribution in [0.1, 0.15) is 11.1 Å². The van der Waals surface area contributed by atoms with E-state index in [0.717, 1.165) is 11.1 Å². The Morgan fingerprint density at radius 2 is 1.71 bits per heavy atom. The lowest BCUT2D eigenvalue weighted by atomic mass is 10.1. The van der Waals surface area contributed by atoms with E-state index in [0.29, 0.717) is 10.8 Å². The largest absolute Gasteiger partial charge is 0.484 e. The summed E-state index contributed by atoms with van der Waals surface area (Å²) in [4.78, 5) is 23.2. The molecule has 24 heavy (non-hydrogen) atoms. The average Bonchev–Trinajstić information content (AvgIpc) is 2.59. The van der Waals surface area contributed by atoms with E-state index in [1.807, 2.05) is 31.2 Å². The standard InChI is InChI=1S/C18H17ClN2O3/c1-13-2-4-14(5-3-13)6-11-17(22)20-21-18(23)12-24-16-9-7-15(19)8-10-16/h2-11H,12H2,1H3,(H,20,22)(H,21,23)/b11-6+. The first kappa shape index (κ1) is 17.6. The van der Waals surface area contributed by atoms with Gasteiger partial charge in [0.25, 0.3) is 11.8 Å². The van der Waals surface area contributed by atoms with Crippen molar-refractivity contribution >= 4 is 29.5 Å². The predicted molar refractivity (Wildman–Crippen MR) is 93.4 cm³/mol. The molecule has 2 amide bonds. The molecule has 0 saturated carbocycles. The minimum absolute atomic E-state index is 0.219. The summed E-state index contributed by atoms with van der Waals surface area (Å²) in [5.41, 5.74) is 6.59. The lowest BCUT2D eigenvalue weighted by molar-refractivity contribution is -0.128. The zero-order valence-electron chi connectivity index (χ0n) is 13.1. The molecule has 0 aliphatic carbocycles. The lowest BCUT2D eigenvalue weighted by Crippen LogP contribution is -2.43. The lowest BCUT2D eigenvalue weighted by Gasteiger charge is -2.07. The summed E-state index contributed by atoms with van der Waals surface area (Å²) in [7, 11) is 0. The van der Waals surface area contributed by atoms with E-state index in [2.05, 4.69) is 10.9 Å². The maximum Gasteiger partial charge on any atom is 0.276 e. The van der Waals surface area contributed by atoms with Gasteiger partial charge in [0.05, 0.1) is 0 Å². The number of hydrogen-bond acceptors (Lipinski definition) is 3. The van der Waals surface area contributed by atoms with E-state index < -0.39 is 11.8 Å². The highest BCUT2D eigenvalue weighted by atomic mass is 35.5. The molecule has 0 aliphatic heterocycles. The highest BCUT2D eigenvalue weighted by molar-refractivity contribution is 6.30. The van der Waals surface area contributed by atoms with Gasteiger partial charge in [-0.05, 0) is 42.8 Å². The fourth-order valence-electron chi connectivity index (χ4n) is 1.74. The Balaban J connectivity index is 1.71. The summed E-state index contributed by atoms with van der Waals surface area (Å²) in [5, 5.41) is 0.583. The number of hydrazine groups is 1. The number of rotatable bonds is 5. The number of carbonyl (C=O) groups excluding carboxylic acids is 2. The summed E-state index contributed by atoms with van der Waals surface area (Å²) in [6.45, 7) is 1.77. The zero-order chi connectivity index (χ0) is 17.4. The molecule has 0 radical (unpaired) electrons. The number of hydrogen-bond donors (Lipinski definition) is 2. The third-order valence-electron chi connectivity index (χ3n) is 3.01. The molecule has 0 aliphatic rings. The van der Waals surface area contributed by atoms with Gasteiger partial charge in [-0.25, -0.2) is 0 Å². The van der Waals surface area contributed by atoms with E-state index in [-0.39, 0.29) is 6.61 Å². The summed E-state index contributed by atoms with van der Waals surface area (Å²) in [6.07, 6.45) is 3.00. The summed E-state index contributed by atoms with van der Waals surface area (Å²) in [6, 6.07) is 14.3. The molecule has 0 heterocycles. The molecule has 2 rings (SSSR count). The Morgan fingerprint density at radius 3 is 2.38 bits per heavy atom. The van der Waals surface area contributed by atoms with Crippen molar-refractivity contribution in [1.29, 1.82) is 0 Å². The first-order valence-electron chi connectivity index (χ1n) is 7.25. The van der Waals surface area contributed by atoms with Crippen LogP contribution in [0, 0.1) is 6.92 Å². The van der Waals surface area contributed by atoms with Crippen LogP contribution in [0.2, 0.25) is 5.02 Å². The van der Waals surface area contributed by atoms with Gasteiger partial charge < -0.3 is 4.74 Å². The molecule has 0 aromatic heterocycles. The van der Waals surface area contributed by atoms with Crippen LogP contribution in [0.15, 0.2) is 54.6 Å². The van der Waals surface area contributed by atoms with Crippen LogP contribution < -0.4 is 15.6 Å². The van der Waals surface area contributed by atoms with Gasteiger partial charge in [-0.15, -0.1) is 0 Å². The average molecular weight is 345 g/mol. The van der Waals surface area contributed by atoms with Gasteiger partial charge in [-0.2, -0.15) is 0 Å². The molecular formula is C18H17ClN2O3. The van der Waals surface area contributed by atoms with Crippen LogP contribution in [-0.2, 0) is 9.59 Å². The SMILES string of the molecule is Cc1ccc(/C=C/C(=O)NNC(=O)COc2ccc(Cl)cc2)cc1. The van der Waals surface area contributed by atoms with Gasteiger partial charge in [0, 0.05) is 11.1 Å². The maximum atomic E-state index is 11.6. The molecule has 2 N–H and O–H groups in total. The van der Waals surface area contributed by atoms with E-state index >= 15 is 0 Å². The Labute approximate surface area is 145 Å². The molecule has 2 aromatic rings. The molecule has 6 heteroatoms. The number of carbonyl (C=O) groups is 2. The van der Waals surface area contributed by atoms with Crippen molar-refractivity contribution in [3.63, 3.8) is 0 Å². The Kier molecular flexibility index (Phi) is 6.40. The number of aryl methyl sites for hydroxylation is 1. The number of benzene rings is 2. The highest BCUT2D eigenvalue weighted by Gasteiger charge is 2.03. The third-order valence-corrected chi connectivity index (χ3v) is 3.27. The third kappa shape index (κ3) is 6.14. The molecule has 0 saturated heterocycles. The van der Waals surface area contributed by atoms with Crippen LogP contribution in [0.4, 0.5) is 0 Å². The molecule has 0 fully saturated rings. The highest BCUT2D eigenvalue weighted by Crippen LogP contribution is 2.15. The van der Waals surface area contributed by atoms with Crippen molar-refractivity contribution in [3.8, 4) is 5.75 Å². The Hall–Kier alpha value is -2.79. The maximum absolute atomic E-state index is 11.6. The summed E-state index contributed by atoms with van der Waals surface area (Å²) >= 11 is 5.75. The fraction of sp³-hybridized carbons (Fsp3) is 0.111. The van der Waals surface area contributed by atoms with Crippen LogP contribution >= 0.6 is 11.6 Å². The van der Waals surface area contributed by atoms with Crippen LogP contribution in [-0.4, -0.2) is 18.4 Å². The summed E-state index contributed by atoms with van der Waals surface area (Å²) < 4.78 is 5.26. The molecule has 0 unspecified atom stereocenters. The minimum atomic E-state index is -0.470. The van der Waals surface area contributed by atoms with Crippen molar-refractivity contribution in [3.05, 3.63) is 70.8 Å². The van der Waals surface area contributed by atoms with Gasteiger partial charge >= 0.3 is 0 Å². The Morgan fingerprint density at radius 1 is 1.04 bits per heavy atom. The van der Waals surface area contributed by atoms with Crippen LogP contribution in [0.3, 0.4) is 0 Å². The predicted octanol–water partition coefficient (Wildman–Crippen LogP) is 2.89. The molecule has 5 nitrogen and oxygen atoms in total. The number of nitrogens with one attached hydrogen (secondary N) is 2. The second-order valence-corrected chi connectivity index (χ2v) is 5.46. The van der Waals surface area contributed by atoms with E-state index in [1.54, 1.807) is 30.3 Å². The molecular weight excluding hydrogens is 328 g/mol. The molecule has 0 bridgehead atoms.